The smallest absolute Gasteiger partial charge is 0.0199 e. The summed E-state index contributed by atoms with van der Waals surface area (Å²) >= 11 is 0. The van der Waals surface area contributed by atoms with Crippen molar-refractivity contribution in [3.05, 3.63) is 133 Å². The fourth-order valence-electron chi connectivity index (χ4n) is 9.43. The quantitative estimate of drug-likeness (QED) is 0.136. The van der Waals surface area contributed by atoms with E-state index >= 15 is 0 Å². The van der Waals surface area contributed by atoms with Crippen LogP contribution in [-0.2, 0) is 0 Å². The predicted molar refractivity (Wildman–Crippen MR) is 178 cm³/mol. The van der Waals surface area contributed by atoms with E-state index in [1.54, 1.807) is 0 Å². The Morgan fingerprint density at radius 3 is 1.24 bits per heavy atom. The summed E-state index contributed by atoms with van der Waals surface area (Å²) in [6.07, 6.45) is 14.0. The second-order valence-corrected chi connectivity index (χ2v) is 12.7. The van der Waals surface area contributed by atoms with Crippen molar-refractivity contribution < 1.29 is 0 Å². The van der Waals surface area contributed by atoms with Gasteiger partial charge in [-0.05, 0) is 122 Å². The van der Waals surface area contributed by atoms with Crippen LogP contribution in [-0.4, -0.2) is 0 Å². The van der Waals surface area contributed by atoms with Crippen molar-refractivity contribution in [2.75, 3.05) is 0 Å². The van der Waals surface area contributed by atoms with E-state index in [0.29, 0.717) is 11.8 Å². The lowest BCUT2D eigenvalue weighted by atomic mass is 9.78. The number of hydrogen-bond donors (Lipinski definition) is 0. The zero-order valence-corrected chi connectivity index (χ0v) is 22.7. The van der Waals surface area contributed by atoms with Crippen LogP contribution in [0.4, 0.5) is 0 Å². The number of fused-ring (bicyclic) bond motifs is 11. The molecule has 0 spiro atoms. The molecule has 12 rings (SSSR count). The molecule has 0 unspecified atom stereocenters. The Bertz CT molecular complexity index is 2440. The van der Waals surface area contributed by atoms with E-state index in [4.69, 9.17) is 0 Å². The van der Waals surface area contributed by atoms with Crippen LogP contribution in [0.2, 0.25) is 0 Å². The van der Waals surface area contributed by atoms with Gasteiger partial charge in [0.2, 0.25) is 0 Å². The second-order valence-electron chi connectivity index (χ2n) is 12.7. The van der Waals surface area contributed by atoms with E-state index in [2.05, 4.69) is 121 Å². The van der Waals surface area contributed by atoms with Gasteiger partial charge in [-0.15, -0.1) is 0 Å². The van der Waals surface area contributed by atoms with Crippen LogP contribution in [0, 0.1) is 11.8 Å². The van der Waals surface area contributed by atoms with Gasteiger partial charge >= 0.3 is 0 Å². The highest BCUT2D eigenvalue weighted by atomic mass is 14.4. The molecular formula is C42H22. The van der Waals surface area contributed by atoms with Crippen molar-refractivity contribution in [3.8, 4) is 44.5 Å². The third-order valence-electron chi connectivity index (χ3n) is 11.0. The van der Waals surface area contributed by atoms with Gasteiger partial charge in [-0.1, -0.05) is 109 Å². The number of allylic oxidation sites excluding steroid dienone is 8. The molecule has 0 radical (unpaired) electrons. The molecule has 0 N–H and O–H groups in total. The number of benzene rings is 7. The van der Waals surface area contributed by atoms with Gasteiger partial charge < -0.3 is 0 Å². The fraction of sp³-hybridized carbons (Fsp3) is 0.0476. The summed E-state index contributed by atoms with van der Waals surface area (Å²) in [5, 5.41) is 11.2. The van der Waals surface area contributed by atoms with Crippen LogP contribution < -0.4 is 0 Å². The normalized spacial score (nSPS) is 19.5. The van der Waals surface area contributed by atoms with Crippen LogP contribution in [0.5, 0.6) is 0 Å². The van der Waals surface area contributed by atoms with Crippen molar-refractivity contribution in [2.45, 2.75) is 0 Å². The second kappa shape index (κ2) is 6.64. The lowest BCUT2D eigenvalue weighted by Crippen LogP contribution is -2.13. The SMILES string of the molecule is C1=CC2C=CC=C3c4cc5c(cc4C(=C1)C32)-c1ccc2c3ccc4c6c(ccc(c7ccc-5c1c27)c63)-c1ccccc1-4. The Labute approximate surface area is 242 Å². The maximum atomic E-state index is 2.51. The Balaban J connectivity index is 1.19. The molecule has 0 amide bonds. The van der Waals surface area contributed by atoms with E-state index in [1.165, 1.54) is 110 Å². The average molecular weight is 527 g/mol. The highest BCUT2D eigenvalue weighted by Gasteiger charge is 2.39. The minimum Gasteiger partial charge on any atom is -0.0767 e. The van der Waals surface area contributed by atoms with Crippen molar-refractivity contribution in [3.63, 3.8) is 0 Å². The predicted octanol–water partition coefficient (Wildman–Crippen LogP) is 11.2. The molecule has 0 fully saturated rings. The summed E-state index contributed by atoms with van der Waals surface area (Å²) in [5.41, 5.74) is 16.8. The Hall–Kier alpha value is -5.20. The van der Waals surface area contributed by atoms with E-state index in [9.17, 15) is 0 Å². The average Bonchev–Trinajstić information content (AvgIpc) is 3.66. The van der Waals surface area contributed by atoms with Crippen LogP contribution in [0.1, 0.15) is 11.1 Å². The summed E-state index contributed by atoms with van der Waals surface area (Å²) in [5.74, 6) is 0.937. The third-order valence-corrected chi connectivity index (χ3v) is 11.0. The zero-order chi connectivity index (χ0) is 26.8. The molecule has 0 saturated heterocycles. The van der Waals surface area contributed by atoms with Gasteiger partial charge in [-0.3, -0.25) is 0 Å². The Morgan fingerprint density at radius 1 is 0.357 bits per heavy atom. The van der Waals surface area contributed by atoms with Crippen LogP contribution in [0.25, 0.3) is 98.7 Å². The Morgan fingerprint density at radius 2 is 0.786 bits per heavy atom. The summed E-state index contributed by atoms with van der Waals surface area (Å²) in [7, 11) is 0. The van der Waals surface area contributed by atoms with Crippen LogP contribution in [0.15, 0.2) is 121 Å². The van der Waals surface area contributed by atoms with Gasteiger partial charge in [0.25, 0.3) is 0 Å². The molecule has 0 heterocycles. The molecule has 0 aliphatic heterocycles. The first-order chi connectivity index (χ1) is 20.8. The first-order valence-electron chi connectivity index (χ1n) is 15.1. The van der Waals surface area contributed by atoms with Crippen molar-refractivity contribution in [1.29, 1.82) is 0 Å². The van der Waals surface area contributed by atoms with E-state index in [-0.39, 0.29) is 0 Å². The van der Waals surface area contributed by atoms with E-state index in [0.717, 1.165) is 0 Å². The molecule has 0 atom stereocenters. The minimum atomic E-state index is 0.466. The van der Waals surface area contributed by atoms with Gasteiger partial charge in [-0.25, -0.2) is 0 Å². The zero-order valence-electron chi connectivity index (χ0n) is 22.7. The lowest BCUT2D eigenvalue weighted by Gasteiger charge is -2.25. The third kappa shape index (κ3) is 2.09. The summed E-state index contributed by atoms with van der Waals surface area (Å²) in [4.78, 5) is 0. The monoisotopic (exact) mass is 526 g/mol. The van der Waals surface area contributed by atoms with E-state index in [1.807, 2.05) is 0 Å². The van der Waals surface area contributed by atoms with E-state index < -0.39 is 0 Å². The standard InChI is InChI=1S/C42H22/c1-2-8-23-22(7-1)26-11-13-28-30-15-17-32-36-19-34-24-9-3-5-21-6-4-10-25(38(21)24)35(34)20-37(36)33-18-16-31(41(30)42(32)33)29-14-12-27(23)39(26)40(28)29/h1-21,38H. The summed E-state index contributed by atoms with van der Waals surface area (Å²) in [6.45, 7) is 0. The van der Waals surface area contributed by atoms with Gasteiger partial charge in [0.05, 0.1) is 0 Å². The molecule has 0 nitrogen and oxygen atoms in total. The summed E-state index contributed by atoms with van der Waals surface area (Å²) in [6, 6.07) is 33.1. The fourth-order valence-corrected chi connectivity index (χ4v) is 9.43. The Kier molecular flexibility index (Phi) is 3.26. The molecule has 7 aromatic rings. The molecule has 190 valence electrons. The number of rotatable bonds is 0. The molecule has 0 saturated carbocycles. The minimum absolute atomic E-state index is 0.466. The van der Waals surface area contributed by atoms with Crippen molar-refractivity contribution >= 4 is 54.2 Å². The maximum Gasteiger partial charge on any atom is 0.0199 e. The molecular weight excluding hydrogens is 504 g/mol. The molecule has 0 bridgehead atoms. The molecule has 5 aliphatic rings. The van der Waals surface area contributed by atoms with Gasteiger partial charge in [0.15, 0.2) is 0 Å². The summed E-state index contributed by atoms with van der Waals surface area (Å²) < 4.78 is 0. The van der Waals surface area contributed by atoms with Gasteiger partial charge in [0.1, 0.15) is 0 Å². The molecule has 5 aliphatic carbocycles. The van der Waals surface area contributed by atoms with Gasteiger partial charge in [-0.2, -0.15) is 0 Å². The largest absolute Gasteiger partial charge is 0.0767 e. The van der Waals surface area contributed by atoms with Crippen LogP contribution >= 0.6 is 0 Å². The van der Waals surface area contributed by atoms with Crippen LogP contribution in [0.3, 0.4) is 0 Å². The lowest BCUT2D eigenvalue weighted by molar-refractivity contribution is 0.707. The molecule has 7 aromatic carbocycles. The first kappa shape index (κ1) is 20.6. The first-order valence-corrected chi connectivity index (χ1v) is 15.1. The van der Waals surface area contributed by atoms with Gasteiger partial charge in [0, 0.05) is 11.8 Å². The highest BCUT2D eigenvalue weighted by molar-refractivity contribution is 6.39. The highest BCUT2D eigenvalue weighted by Crippen LogP contribution is 2.59. The molecule has 0 aromatic heterocycles. The molecule has 0 heteroatoms. The van der Waals surface area contributed by atoms with Crippen molar-refractivity contribution in [1.82, 2.24) is 0 Å². The van der Waals surface area contributed by atoms with Crippen molar-refractivity contribution in [2.24, 2.45) is 11.8 Å². The topological polar surface area (TPSA) is 0 Å². The maximum absolute atomic E-state index is 2.51. The molecule has 42 heavy (non-hydrogen) atoms. The number of hydrogen-bond acceptors (Lipinski definition) is 0.